The number of nitrogens with two attached hydrogens (primary N) is 1. The van der Waals surface area contributed by atoms with Crippen LogP contribution in [-0.2, 0) is 6.54 Å². The minimum atomic E-state index is 0.685. The maximum Gasteiger partial charge on any atom is 0.191 e. The summed E-state index contributed by atoms with van der Waals surface area (Å²) in [5, 5.41) is 0. The molecule has 2 heterocycles. The van der Waals surface area contributed by atoms with Crippen molar-refractivity contribution in [1.82, 2.24) is 4.90 Å². The fourth-order valence-electron chi connectivity index (χ4n) is 3.59. The van der Waals surface area contributed by atoms with Gasteiger partial charge in [-0.05, 0) is 49.7 Å². The first-order valence-electron chi connectivity index (χ1n) is 9.12. The van der Waals surface area contributed by atoms with Crippen LogP contribution < -0.4 is 10.6 Å². The fourth-order valence-corrected chi connectivity index (χ4v) is 3.59. The topological polar surface area (TPSA) is 44.9 Å². The van der Waals surface area contributed by atoms with Gasteiger partial charge >= 0.3 is 0 Å². The van der Waals surface area contributed by atoms with Crippen LogP contribution in [0.2, 0.25) is 0 Å². The van der Waals surface area contributed by atoms with E-state index in [0.717, 1.165) is 19.0 Å². The Morgan fingerprint density at radius 3 is 2.52 bits per heavy atom. The Balaban J connectivity index is 1.66. The number of nitrogens with zero attached hydrogens (tertiary/aromatic N) is 3. The molecule has 0 saturated carbocycles. The summed E-state index contributed by atoms with van der Waals surface area (Å²) >= 11 is 0. The number of hydrogen-bond acceptors (Lipinski definition) is 2. The lowest BCUT2D eigenvalue weighted by molar-refractivity contribution is 0.277. The summed E-state index contributed by atoms with van der Waals surface area (Å²) < 4.78 is 0. The Kier molecular flexibility index (Phi) is 5.42. The Morgan fingerprint density at radius 2 is 1.78 bits per heavy atom. The molecule has 2 aliphatic heterocycles. The van der Waals surface area contributed by atoms with E-state index in [1.807, 2.05) is 0 Å². The average Bonchev–Trinajstić information content (AvgIpc) is 2.61. The number of piperidine rings is 2. The van der Waals surface area contributed by atoms with Crippen LogP contribution in [0.25, 0.3) is 0 Å². The number of guanidine groups is 1. The van der Waals surface area contributed by atoms with Crippen LogP contribution in [0, 0.1) is 5.92 Å². The zero-order valence-corrected chi connectivity index (χ0v) is 14.4. The second-order valence-corrected chi connectivity index (χ2v) is 7.02. The molecule has 0 aliphatic carbocycles. The molecule has 23 heavy (non-hydrogen) atoms. The van der Waals surface area contributed by atoms with Crippen molar-refractivity contribution in [3.8, 4) is 0 Å². The van der Waals surface area contributed by atoms with Crippen molar-refractivity contribution in [2.45, 2.75) is 45.6 Å². The van der Waals surface area contributed by atoms with Gasteiger partial charge in [-0.3, -0.25) is 0 Å². The Hall–Kier alpha value is -1.71. The number of aliphatic imine (C=N–C) groups is 1. The van der Waals surface area contributed by atoms with E-state index in [2.05, 4.69) is 41.0 Å². The maximum atomic E-state index is 6.23. The van der Waals surface area contributed by atoms with Gasteiger partial charge in [-0.1, -0.05) is 25.1 Å². The molecule has 0 unspecified atom stereocenters. The van der Waals surface area contributed by atoms with Gasteiger partial charge < -0.3 is 15.5 Å². The quantitative estimate of drug-likeness (QED) is 0.688. The van der Waals surface area contributed by atoms with Gasteiger partial charge in [0, 0.05) is 31.9 Å². The first-order chi connectivity index (χ1) is 11.2. The van der Waals surface area contributed by atoms with Crippen LogP contribution in [0.4, 0.5) is 5.69 Å². The highest BCUT2D eigenvalue weighted by Crippen LogP contribution is 2.25. The molecule has 3 rings (SSSR count). The van der Waals surface area contributed by atoms with E-state index in [0.29, 0.717) is 12.5 Å². The fraction of sp³-hybridized carbons (Fsp3) is 0.632. The van der Waals surface area contributed by atoms with E-state index in [-0.39, 0.29) is 0 Å². The summed E-state index contributed by atoms with van der Waals surface area (Å²) in [5.41, 5.74) is 8.87. The highest BCUT2D eigenvalue weighted by Gasteiger charge is 2.17. The first-order valence-corrected chi connectivity index (χ1v) is 9.12. The van der Waals surface area contributed by atoms with Crippen molar-refractivity contribution in [2.24, 2.45) is 16.6 Å². The van der Waals surface area contributed by atoms with Crippen molar-refractivity contribution in [2.75, 3.05) is 31.1 Å². The lowest BCUT2D eigenvalue weighted by atomic mass is 10.00. The summed E-state index contributed by atoms with van der Waals surface area (Å²) in [7, 11) is 0. The standard InChI is InChI=1S/C19H30N4/c1-16-9-13-23(14-10-16)19(20)21-15-17-7-3-4-8-18(17)22-11-5-2-6-12-22/h3-4,7-8,16H,2,5-6,9-15H2,1H3,(H2,20,21). The van der Waals surface area contributed by atoms with E-state index in [4.69, 9.17) is 10.7 Å². The molecule has 4 nitrogen and oxygen atoms in total. The molecule has 2 fully saturated rings. The van der Waals surface area contributed by atoms with Crippen molar-refractivity contribution in [1.29, 1.82) is 0 Å². The third-order valence-corrected chi connectivity index (χ3v) is 5.21. The minimum absolute atomic E-state index is 0.685. The highest BCUT2D eigenvalue weighted by atomic mass is 15.3. The van der Waals surface area contributed by atoms with Crippen molar-refractivity contribution < 1.29 is 0 Å². The summed E-state index contributed by atoms with van der Waals surface area (Å²) in [6.45, 7) is 7.43. The van der Waals surface area contributed by atoms with Crippen molar-refractivity contribution >= 4 is 11.6 Å². The van der Waals surface area contributed by atoms with E-state index in [1.165, 1.54) is 56.4 Å². The van der Waals surface area contributed by atoms with Crippen LogP contribution in [0.1, 0.15) is 44.6 Å². The van der Waals surface area contributed by atoms with Gasteiger partial charge in [0.1, 0.15) is 0 Å². The molecule has 0 bridgehead atoms. The molecule has 0 atom stereocenters. The minimum Gasteiger partial charge on any atom is -0.371 e. The largest absolute Gasteiger partial charge is 0.371 e. The number of benzene rings is 1. The molecule has 0 spiro atoms. The molecular formula is C19H30N4. The van der Waals surface area contributed by atoms with Crippen LogP contribution in [-0.4, -0.2) is 37.0 Å². The van der Waals surface area contributed by atoms with E-state index < -0.39 is 0 Å². The molecule has 1 aromatic rings. The molecule has 1 aromatic carbocycles. The van der Waals surface area contributed by atoms with Crippen molar-refractivity contribution in [3.63, 3.8) is 0 Å². The van der Waals surface area contributed by atoms with Gasteiger partial charge in [0.05, 0.1) is 6.54 Å². The van der Waals surface area contributed by atoms with Crippen LogP contribution >= 0.6 is 0 Å². The number of hydrogen-bond donors (Lipinski definition) is 1. The third-order valence-electron chi connectivity index (χ3n) is 5.21. The summed E-state index contributed by atoms with van der Waals surface area (Å²) in [6, 6.07) is 8.66. The Labute approximate surface area is 140 Å². The molecule has 2 N–H and O–H groups in total. The van der Waals surface area contributed by atoms with Gasteiger partial charge in [0.25, 0.3) is 0 Å². The first kappa shape index (κ1) is 16.2. The van der Waals surface area contributed by atoms with Gasteiger partial charge in [-0.25, -0.2) is 4.99 Å². The van der Waals surface area contributed by atoms with Gasteiger partial charge in [0.2, 0.25) is 0 Å². The Morgan fingerprint density at radius 1 is 1.09 bits per heavy atom. The molecule has 2 saturated heterocycles. The average molecular weight is 314 g/mol. The molecule has 0 radical (unpaired) electrons. The van der Waals surface area contributed by atoms with Crippen molar-refractivity contribution in [3.05, 3.63) is 29.8 Å². The zero-order valence-electron chi connectivity index (χ0n) is 14.4. The van der Waals surface area contributed by atoms with Crippen LogP contribution in [0.5, 0.6) is 0 Å². The van der Waals surface area contributed by atoms with Gasteiger partial charge in [-0.2, -0.15) is 0 Å². The SMILES string of the molecule is CC1CCN(C(N)=NCc2ccccc2N2CCCCC2)CC1. The molecule has 4 heteroatoms. The van der Waals surface area contributed by atoms with E-state index in [9.17, 15) is 0 Å². The highest BCUT2D eigenvalue weighted by molar-refractivity contribution is 5.78. The maximum absolute atomic E-state index is 6.23. The van der Waals surface area contributed by atoms with Gasteiger partial charge in [-0.15, -0.1) is 0 Å². The number of rotatable bonds is 3. The predicted molar refractivity (Wildman–Crippen MR) is 97.8 cm³/mol. The lowest BCUT2D eigenvalue weighted by Gasteiger charge is -2.31. The molecule has 2 aliphatic rings. The second kappa shape index (κ2) is 7.71. The Bertz CT molecular complexity index is 526. The number of para-hydroxylation sites is 1. The lowest BCUT2D eigenvalue weighted by Crippen LogP contribution is -2.42. The molecule has 0 aromatic heterocycles. The normalized spacial score (nSPS) is 20.8. The second-order valence-electron chi connectivity index (χ2n) is 7.02. The van der Waals surface area contributed by atoms with Crippen LogP contribution in [0.15, 0.2) is 29.3 Å². The van der Waals surface area contributed by atoms with Crippen LogP contribution in [0.3, 0.4) is 0 Å². The summed E-state index contributed by atoms with van der Waals surface area (Å²) in [4.78, 5) is 9.44. The molecule has 126 valence electrons. The third kappa shape index (κ3) is 4.18. The monoisotopic (exact) mass is 314 g/mol. The summed E-state index contributed by atoms with van der Waals surface area (Å²) in [6.07, 6.45) is 6.40. The molecular weight excluding hydrogens is 284 g/mol. The number of anilines is 1. The predicted octanol–water partition coefficient (Wildman–Crippen LogP) is 3.22. The molecule has 0 amide bonds. The zero-order chi connectivity index (χ0) is 16.1. The van der Waals surface area contributed by atoms with Gasteiger partial charge in [0.15, 0.2) is 5.96 Å². The number of likely N-dealkylation sites (tertiary alicyclic amines) is 1. The van der Waals surface area contributed by atoms with E-state index in [1.54, 1.807) is 0 Å². The van der Waals surface area contributed by atoms with E-state index >= 15 is 0 Å². The summed E-state index contributed by atoms with van der Waals surface area (Å²) in [5.74, 6) is 1.53. The smallest absolute Gasteiger partial charge is 0.191 e.